The number of fused-ring (bicyclic) bond motifs is 1. The maximum absolute atomic E-state index is 11.3. The van der Waals surface area contributed by atoms with E-state index >= 15 is 0 Å². The first kappa shape index (κ1) is 11.0. The smallest absolute Gasteiger partial charge is 0.252 e. The molecule has 1 aromatic rings. The molecule has 1 aliphatic heterocycles. The van der Waals surface area contributed by atoms with Crippen LogP contribution in [0.5, 0.6) is 5.75 Å². The van der Waals surface area contributed by atoms with Crippen molar-refractivity contribution in [2.45, 2.75) is 25.9 Å². The second-order valence-electron chi connectivity index (χ2n) is 3.94. The predicted molar refractivity (Wildman–Crippen MR) is 60.6 cm³/mol. The zero-order valence-corrected chi connectivity index (χ0v) is 9.19. The molecule has 1 aromatic carbocycles. The van der Waals surface area contributed by atoms with Crippen LogP contribution >= 0.6 is 0 Å². The van der Waals surface area contributed by atoms with Crippen LogP contribution in [-0.4, -0.2) is 23.7 Å². The van der Waals surface area contributed by atoms with Gasteiger partial charge in [-0.25, -0.2) is 0 Å². The molecule has 4 heteroatoms. The summed E-state index contributed by atoms with van der Waals surface area (Å²) in [5.74, 6) is 0.498. The van der Waals surface area contributed by atoms with Crippen molar-refractivity contribution in [2.24, 2.45) is 0 Å². The number of benzene rings is 1. The average molecular weight is 221 g/mol. The van der Waals surface area contributed by atoms with E-state index in [0.717, 1.165) is 30.8 Å². The Labute approximate surface area is 94.2 Å². The topological polar surface area (TPSA) is 58.6 Å². The molecule has 1 atom stereocenters. The van der Waals surface area contributed by atoms with Gasteiger partial charge in [0, 0.05) is 5.69 Å². The Bertz CT molecular complexity index is 401. The van der Waals surface area contributed by atoms with Crippen molar-refractivity contribution in [1.82, 2.24) is 0 Å². The van der Waals surface area contributed by atoms with E-state index in [2.05, 4.69) is 5.32 Å². The minimum absolute atomic E-state index is 0.392. The summed E-state index contributed by atoms with van der Waals surface area (Å²) in [5, 5.41) is 11.7. The third kappa shape index (κ3) is 2.33. The maximum Gasteiger partial charge on any atom is 0.252 e. The van der Waals surface area contributed by atoms with Gasteiger partial charge in [-0.1, -0.05) is 0 Å². The number of aliphatic hydroxyl groups is 1. The van der Waals surface area contributed by atoms with E-state index < -0.39 is 12.0 Å². The van der Waals surface area contributed by atoms with Crippen LogP contribution < -0.4 is 10.1 Å². The van der Waals surface area contributed by atoms with Crippen molar-refractivity contribution >= 4 is 11.6 Å². The van der Waals surface area contributed by atoms with Crippen LogP contribution in [0.25, 0.3) is 0 Å². The van der Waals surface area contributed by atoms with Crippen molar-refractivity contribution in [3.05, 3.63) is 23.8 Å². The van der Waals surface area contributed by atoms with Gasteiger partial charge in [0.25, 0.3) is 5.91 Å². The molecule has 0 saturated heterocycles. The first-order valence-corrected chi connectivity index (χ1v) is 5.41. The van der Waals surface area contributed by atoms with E-state index in [4.69, 9.17) is 9.84 Å². The van der Waals surface area contributed by atoms with Crippen LogP contribution in [0.2, 0.25) is 0 Å². The third-order valence-corrected chi connectivity index (χ3v) is 2.56. The van der Waals surface area contributed by atoms with Gasteiger partial charge in [0.2, 0.25) is 0 Å². The highest BCUT2D eigenvalue weighted by molar-refractivity contribution is 5.93. The molecule has 16 heavy (non-hydrogen) atoms. The van der Waals surface area contributed by atoms with Gasteiger partial charge in [-0.05, 0) is 43.5 Å². The van der Waals surface area contributed by atoms with Crippen LogP contribution in [0.15, 0.2) is 18.2 Å². The number of aliphatic hydroxyl groups excluding tert-OH is 1. The molecule has 1 amide bonds. The van der Waals surface area contributed by atoms with Crippen LogP contribution in [0.1, 0.15) is 18.9 Å². The Morgan fingerprint density at radius 1 is 1.56 bits per heavy atom. The van der Waals surface area contributed by atoms with Gasteiger partial charge in [0.15, 0.2) is 0 Å². The quantitative estimate of drug-likeness (QED) is 0.792. The lowest BCUT2D eigenvalue weighted by molar-refractivity contribution is -0.123. The van der Waals surface area contributed by atoms with E-state index in [-0.39, 0.29) is 0 Å². The van der Waals surface area contributed by atoms with Gasteiger partial charge in [-0.15, -0.1) is 0 Å². The number of hydrogen-bond donors (Lipinski definition) is 2. The molecule has 0 spiro atoms. The van der Waals surface area contributed by atoms with Gasteiger partial charge < -0.3 is 15.2 Å². The van der Waals surface area contributed by atoms with Crippen LogP contribution in [-0.2, 0) is 11.2 Å². The molecule has 1 heterocycles. The Balaban J connectivity index is 2.14. The molecule has 2 N–H and O–H groups in total. The monoisotopic (exact) mass is 221 g/mol. The fraction of sp³-hybridized carbons (Fsp3) is 0.417. The summed E-state index contributed by atoms with van der Waals surface area (Å²) in [6.45, 7) is 2.20. The Morgan fingerprint density at radius 3 is 3.12 bits per heavy atom. The maximum atomic E-state index is 11.3. The van der Waals surface area contributed by atoms with Gasteiger partial charge in [-0.3, -0.25) is 4.79 Å². The van der Waals surface area contributed by atoms with Gasteiger partial charge >= 0.3 is 0 Å². The van der Waals surface area contributed by atoms with Crippen LogP contribution in [0, 0.1) is 0 Å². The van der Waals surface area contributed by atoms with Crippen molar-refractivity contribution in [2.75, 3.05) is 11.9 Å². The van der Waals surface area contributed by atoms with Gasteiger partial charge in [0.1, 0.15) is 11.9 Å². The Kier molecular flexibility index (Phi) is 3.10. The summed E-state index contributed by atoms with van der Waals surface area (Å²) in [6, 6.07) is 5.53. The summed E-state index contributed by atoms with van der Waals surface area (Å²) in [7, 11) is 0. The van der Waals surface area contributed by atoms with Crippen LogP contribution in [0.3, 0.4) is 0 Å². The molecule has 4 nitrogen and oxygen atoms in total. The molecule has 0 aromatic heterocycles. The number of amides is 1. The largest absolute Gasteiger partial charge is 0.493 e. The number of carbonyl (C=O) groups is 1. The standard InChI is InChI=1S/C12H15NO3/c1-8(14)12(15)13-10-4-5-11-9(7-10)3-2-6-16-11/h4-5,7-8,14H,2-3,6H2,1H3,(H,13,15). The molecule has 86 valence electrons. The first-order valence-electron chi connectivity index (χ1n) is 5.41. The summed E-state index contributed by atoms with van der Waals surface area (Å²) < 4.78 is 5.47. The second kappa shape index (κ2) is 4.53. The highest BCUT2D eigenvalue weighted by atomic mass is 16.5. The molecule has 0 fully saturated rings. The molecular weight excluding hydrogens is 206 g/mol. The summed E-state index contributed by atoms with van der Waals surface area (Å²) >= 11 is 0. The number of rotatable bonds is 2. The van der Waals surface area contributed by atoms with Crippen LogP contribution in [0.4, 0.5) is 5.69 Å². The first-order chi connectivity index (χ1) is 7.66. The number of aryl methyl sites for hydroxylation is 1. The number of ether oxygens (including phenoxy) is 1. The zero-order valence-electron chi connectivity index (χ0n) is 9.19. The number of nitrogens with one attached hydrogen (secondary N) is 1. The van der Waals surface area contributed by atoms with E-state index in [0.29, 0.717) is 5.69 Å². The second-order valence-corrected chi connectivity index (χ2v) is 3.94. The lowest BCUT2D eigenvalue weighted by Crippen LogP contribution is -2.24. The SMILES string of the molecule is CC(O)C(=O)Nc1ccc2c(c1)CCCO2. The lowest BCUT2D eigenvalue weighted by Gasteiger charge is -2.18. The lowest BCUT2D eigenvalue weighted by atomic mass is 10.1. The van der Waals surface area contributed by atoms with Crippen molar-refractivity contribution < 1.29 is 14.6 Å². The molecule has 1 unspecified atom stereocenters. The van der Waals surface area contributed by atoms with E-state index in [1.165, 1.54) is 6.92 Å². The molecular formula is C12H15NO3. The summed E-state index contributed by atoms with van der Waals surface area (Å²) in [6.07, 6.45) is 0.974. The van der Waals surface area contributed by atoms with Crippen molar-refractivity contribution in [1.29, 1.82) is 0 Å². The number of anilines is 1. The van der Waals surface area contributed by atoms with Crippen molar-refractivity contribution in [3.63, 3.8) is 0 Å². The fourth-order valence-electron chi connectivity index (χ4n) is 1.68. The molecule has 0 bridgehead atoms. The highest BCUT2D eigenvalue weighted by Crippen LogP contribution is 2.27. The third-order valence-electron chi connectivity index (χ3n) is 2.56. The normalized spacial score (nSPS) is 15.9. The molecule has 0 saturated carbocycles. The molecule has 0 aliphatic carbocycles. The van der Waals surface area contributed by atoms with E-state index in [1.807, 2.05) is 12.1 Å². The average Bonchev–Trinajstić information content (AvgIpc) is 2.28. The molecule has 1 aliphatic rings. The van der Waals surface area contributed by atoms with E-state index in [1.54, 1.807) is 6.07 Å². The fourth-order valence-corrected chi connectivity index (χ4v) is 1.68. The number of carbonyl (C=O) groups excluding carboxylic acids is 1. The number of hydrogen-bond acceptors (Lipinski definition) is 3. The summed E-state index contributed by atoms with van der Waals surface area (Å²) in [4.78, 5) is 11.3. The van der Waals surface area contributed by atoms with Gasteiger partial charge in [0.05, 0.1) is 6.61 Å². The minimum Gasteiger partial charge on any atom is -0.493 e. The Morgan fingerprint density at radius 2 is 2.38 bits per heavy atom. The minimum atomic E-state index is -0.993. The highest BCUT2D eigenvalue weighted by Gasteiger charge is 2.13. The Hall–Kier alpha value is -1.55. The van der Waals surface area contributed by atoms with Crippen molar-refractivity contribution in [3.8, 4) is 5.75 Å². The molecule has 2 rings (SSSR count). The molecule has 0 radical (unpaired) electrons. The zero-order chi connectivity index (χ0) is 11.5. The predicted octanol–water partition coefficient (Wildman–Crippen LogP) is 1.33. The van der Waals surface area contributed by atoms with Gasteiger partial charge in [-0.2, -0.15) is 0 Å². The van der Waals surface area contributed by atoms with E-state index in [9.17, 15) is 4.79 Å². The summed E-state index contributed by atoms with van der Waals surface area (Å²) in [5.41, 5.74) is 1.81.